The molecule has 0 aliphatic rings. The molecule has 0 spiro atoms. The van der Waals surface area contributed by atoms with Crippen LogP contribution in [-0.2, 0) is 14.3 Å². The molecule has 1 N–H and O–H groups in total. The third-order valence-corrected chi connectivity index (χ3v) is 3.73. The van der Waals surface area contributed by atoms with Crippen LogP contribution in [0.1, 0.15) is 12.5 Å². The number of carbonyl (C=O) groups is 2. The molecule has 0 radical (unpaired) electrons. The maximum atomic E-state index is 11.9. The Bertz CT molecular complexity index is 821. The van der Waals surface area contributed by atoms with Crippen LogP contribution in [0.25, 0.3) is 6.08 Å². The topological polar surface area (TPSA) is 64.6 Å². The molecule has 1 amide bonds. The van der Waals surface area contributed by atoms with Gasteiger partial charge in [0.25, 0.3) is 5.91 Å². The van der Waals surface area contributed by atoms with Crippen molar-refractivity contribution in [2.45, 2.75) is 6.92 Å². The highest BCUT2D eigenvalue weighted by Crippen LogP contribution is 2.23. The largest absolute Gasteiger partial charge is 0.492 e. The van der Waals surface area contributed by atoms with E-state index in [2.05, 4.69) is 5.32 Å². The first-order valence-electron chi connectivity index (χ1n) is 7.81. The Morgan fingerprint density at radius 2 is 1.92 bits per heavy atom. The molecule has 7 heteroatoms. The number of nitrogens with one attached hydrogen (secondary N) is 1. The zero-order valence-electron chi connectivity index (χ0n) is 14.0. The summed E-state index contributed by atoms with van der Waals surface area (Å²) in [5.41, 5.74) is 1.13. The second-order valence-electron chi connectivity index (χ2n) is 5.08. The molecule has 2 rings (SSSR count). The van der Waals surface area contributed by atoms with Gasteiger partial charge in [0.2, 0.25) is 0 Å². The molecule has 2 aromatic carbocycles. The van der Waals surface area contributed by atoms with E-state index in [1.54, 1.807) is 42.5 Å². The zero-order valence-corrected chi connectivity index (χ0v) is 15.5. The quantitative estimate of drug-likeness (QED) is 0.551. The highest BCUT2D eigenvalue weighted by Gasteiger charge is 2.09. The summed E-state index contributed by atoms with van der Waals surface area (Å²) < 4.78 is 10.3. The van der Waals surface area contributed by atoms with Crippen LogP contribution in [0, 0.1) is 0 Å². The lowest BCUT2D eigenvalue weighted by molar-refractivity contribution is -0.142. The van der Waals surface area contributed by atoms with E-state index in [9.17, 15) is 9.59 Å². The lowest BCUT2D eigenvalue weighted by Crippen LogP contribution is -2.20. The Hall–Kier alpha value is -2.50. The van der Waals surface area contributed by atoms with E-state index in [1.807, 2.05) is 6.92 Å². The molecule has 2 aromatic rings. The van der Waals surface area contributed by atoms with Crippen LogP contribution in [0.5, 0.6) is 5.75 Å². The summed E-state index contributed by atoms with van der Waals surface area (Å²) in [7, 11) is 0. The Morgan fingerprint density at radius 3 is 2.65 bits per heavy atom. The number of amides is 1. The van der Waals surface area contributed by atoms with Crippen LogP contribution in [0.15, 0.2) is 48.5 Å². The maximum absolute atomic E-state index is 11.9. The summed E-state index contributed by atoms with van der Waals surface area (Å²) in [6, 6.07) is 11.9. The summed E-state index contributed by atoms with van der Waals surface area (Å²) >= 11 is 11.8. The van der Waals surface area contributed by atoms with Gasteiger partial charge in [-0.05, 0) is 42.8 Å². The van der Waals surface area contributed by atoms with E-state index < -0.39 is 18.5 Å². The van der Waals surface area contributed by atoms with Crippen LogP contribution in [0.2, 0.25) is 10.0 Å². The minimum atomic E-state index is -0.663. The number of benzene rings is 2. The van der Waals surface area contributed by atoms with Gasteiger partial charge in [-0.2, -0.15) is 0 Å². The summed E-state index contributed by atoms with van der Waals surface area (Å²) in [5, 5.41) is 3.55. The van der Waals surface area contributed by atoms with Gasteiger partial charge in [0, 0.05) is 16.1 Å². The van der Waals surface area contributed by atoms with Crippen LogP contribution in [0.4, 0.5) is 5.69 Å². The van der Waals surface area contributed by atoms with Crippen molar-refractivity contribution in [3.8, 4) is 5.75 Å². The van der Waals surface area contributed by atoms with Crippen molar-refractivity contribution >= 4 is 46.8 Å². The minimum Gasteiger partial charge on any atom is -0.492 e. The molecular formula is C19H17Cl2NO4. The van der Waals surface area contributed by atoms with Crippen molar-refractivity contribution in [1.29, 1.82) is 0 Å². The molecule has 0 saturated carbocycles. The third-order valence-electron chi connectivity index (χ3n) is 3.17. The van der Waals surface area contributed by atoms with E-state index in [1.165, 1.54) is 12.2 Å². The monoisotopic (exact) mass is 393 g/mol. The van der Waals surface area contributed by atoms with E-state index >= 15 is 0 Å². The first-order chi connectivity index (χ1) is 12.5. The predicted molar refractivity (Wildman–Crippen MR) is 103 cm³/mol. The number of rotatable bonds is 7. The van der Waals surface area contributed by atoms with Crippen LogP contribution >= 0.6 is 23.2 Å². The second-order valence-corrected chi connectivity index (χ2v) is 5.93. The summed E-state index contributed by atoms with van der Waals surface area (Å²) in [6.07, 6.45) is 2.68. The van der Waals surface area contributed by atoms with E-state index in [0.717, 1.165) is 0 Å². The number of hydrogen-bond donors (Lipinski definition) is 1. The second kappa shape index (κ2) is 9.85. The fourth-order valence-electron chi connectivity index (χ4n) is 2.02. The molecule has 0 saturated heterocycles. The van der Waals surface area contributed by atoms with Crippen molar-refractivity contribution in [2.24, 2.45) is 0 Å². The number of halogens is 2. The normalized spacial score (nSPS) is 10.6. The first-order valence-corrected chi connectivity index (χ1v) is 8.56. The fraction of sp³-hybridized carbons (Fsp3) is 0.158. The maximum Gasteiger partial charge on any atom is 0.331 e. The molecule has 26 heavy (non-hydrogen) atoms. The predicted octanol–water partition coefficient (Wildman–Crippen LogP) is 4.59. The lowest BCUT2D eigenvalue weighted by Gasteiger charge is -2.11. The van der Waals surface area contributed by atoms with Gasteiger partial charge in [-0.15, -0.1) is 0 Å². The van der Waals surface area contributed by atoms with Crippen LogP contribution in [-0.4, -0.2) is 25.1 Å². The van der Waals surface area contributed by atoms with Gasteiger partial charge in [0.05, 0.1) is 12.3 Å². The van der Waals surface area contributed by atoms with Crippen LogP contribution in [0.3, 0.4) is 0 Å². The molecular weight excluding hydrogens is 377 g/mol. The smallest absolute Gasteiger partial charge is 0.331 e. The van der Waals surface area contributed by atoms with Gasteiger partial charge in [-0.1, -0.05) is 41.4 Å². The Balaban J connectivity index is 1.87. The highest BCUT2D eigenvalue weighted by molar-refractivity contribution is 6.35. The fourth-order valence-corrected chi connectivity index (χ4v) is 2.49. The van der Waals surface area contributed by atoms with E-state index in [0.29, 0.717) is 33.7 Å². The molecule has 5 nitrogen and oxygen atoms in total. The number of anilines is 1. The van der Waals surface area contributed by atoms with Crippen molar-refractivity contribution in [1.82, 2.24) is 0 Å². The summed E-state index contributed by atoms with van der Waals surface area (Å²) in [5.74, 6) is -0.584. The first kappa shape index (κ1) is 19.8. The Kier molecular flexibility index (Phi) is 7.51. The van der Waals surface area contributed by atoms with Gasteiger partial charge in [-0.25, -0.2) is 4.79 Å². The van der Waals surface area contributed by atoms with Gasteiger partial charge in [0.1, 0.15) is 5.75 Å². The zero-order chi connectivity index (χ0) is 18.9. The van der Waals surface area contributed by atoms with Gasteiger partial charge in [0.15, 0.2) is 6.61 Å². The number of carbonyl (C=O) groups excluding carboxylic acids is 2. The summed E-state index contributed by atoms with van der Waals surface area (Å²) in [4.78, 5) is 23.7. The van der Waals surface area contributed by atoms with Gasteiger partial charge >= 0.3 is 5.97 Å². The lowest BCUT2D eigenvalue weighted by atomic mass is 10.2. The third kappa shape index (κ3) is 6.10. The van der Waals surface area contributed by atoms with Crippen molar-refractivity contribution < 1.29 is 19.1 Å². The molecule has 0 unspecified atom stereocenters. The number of ether oxygens (including phenoxy) is 2. The molecule has 136 valence electrons. The SMILES string of the molecule is CCOc1ccccc1NC(=O)COC(=O)/C=C/c1ccc(Cl)cc1Cl. The van der Waals surface area contributed by atoms with E-state index in [-0.39, 0.29) is 0 Å². The van der Waals surface area contributed by atoms with Crippen molar-refractivity contribution in [3.05, 3.63) is 64.1 Å². The van der Waals surface area contributed by atoms with E-state index in [4.69, 9.17) is 32.7 Å². The number of esters is 1. The molecule has 0 aliphatic carbocycles. The number of hydrogen-bond acceptors (Lipinski definition) is 4. The van der Waals surface area contributed by atoms with Crippen molar-refractivity contribution in [2.75, 3.05) is 18.5 Å². The molecule has 0 bridgehead atoms. The highest BCUT2D eigenvalue weighted by atomic mass is 35.5. The molecule has 0 heterocycles. The molecule has 0 aliphatic heterocycles. The van der Waals surface area contributed by atoms with Crippen LogP contribution < -0.4 is 10.1 Å². The van der Waals surface area contributed by atoms with Crippen molar-refractivity contribution in [3.63, 3.8) is 0 Å². The average molecular weight is 394 g/mol. The standard InChI is InChI=1S/C19H17Cl2NO4/c1-2-25-17-6-4-3-5-16(17)22-18(23)12-26-19(24)10-8-13-7-9-14(20)11-15(13)21/h3-11H,2,12H2,1H3,(H,22,23)/b10-8+. The molecule has 0 aromatic heterocycles. The number of para-hydroxylation sites is 2. The minimum absolute atomic E-state index is 0.409. The Labute approximate surface area is 161 Å². The molecule has 0 fully saturated rings. The Morgan fingerprint density at radius 1 is 1.15 bits per heavy atom. The average Bonchev–Trinajstić information content (AvgIpc) is 2.61. The molecule has 0 atom stereocenters. The van der Waals surface area contributed by atoms with Gasteiger partial charge < -0.3 is 14.8 Å². The van der Waals surface area contributed by atoms with Gasteiger partial charge in [-0.3, -0.25) is 4.79 Å². The summed E-state index contributed by atoms with van der Waals surface area (Å²) in [6.45, 7) is 1.90.